The maximum atomic E-state index is 12.4. The fourth-order valence-electron chi connectivity index (χ4n) is 2.67. The van der Waals surface area contributed by atoms with Gasteiger partial charge < -0.3 is 10.2 Å². The summed E-state index contributed by atoms with van der Waals surface area (Å²) in [5.41, 5.74) is 1.32. The molecule has 0 bridgehead atoms. The molecule has 2 heterocycles. The Hall–Kier alpha value is -1.79. The standard InChI is InChI=1S/C18H20N2O2S2/c21-17(13-23-12-16-7-4-10-24-16)19-15-6-3-5-14(11-15)18(22)20-8-1-2-9-20/h3-7,10-11H,1-2,8-9,12-13H2,(H,19,21). The molecule has 0 spiro atoms. The Morgan fingerprint density at radius 1 is 1.17 bits per heavy atom. The van der Waals surface area contributed by atoms with Gasteiger partial charge in [0.15, 0.2) is 0 Å². The molecule has 2 aromatic rings. The first kappa shape index (κ1) is 17.0. The first-order chi connectivity index (χ1) is 11.7. The van der Waals surface area contributed by atoms with E-state index in [1.165, 1.54) is 4.88 Å². The van der Waals surface area contributed by atoms with Gasteiger partial charge in [0.25, 0.3) is 5.91 Å². The van der Waals surface area contributed by atoms with Crippen LogP contribution in [0.1, 0.15) is 28.1 Å². The number of likely N-dealkylation sites (tertiary alicyclic amines) is 1. The monoisotopic (exact) mass is 360 g/mol. The van der Waals surface area contributed by atoms with Gasteiger partial charge in [0, 0.05) is 35.0 Å². The molecule has 24 heavy (non-hydrogen) atoms. The zero-order chi connectivity index (χ0) is 16.8. The summed E-state index contributed by atoms with van der Waals surface area (Å²) in [6.07, 6.45) is 2.15. The first-order valence-electron chi connectivity index (χ1n) is 8.02. The fraction of sp³-hybridized carbons (Fsp3) is 0.333. The van der Waals surface area contributed by atoms with E-state index in [0.717, 1.165) is 31.7 Å². The zero-order valence-electron chi connectivity index (χ0n) is 13.4. The van der Waals surface area contributed by atoms with Gasteiger partial charge >= 0.3 is 0 Å². The molecule has 2 amide bonds. The fourth-order valence-corrected chi connectivity index (χ4v) is 4.34. The third kappa shape index (κ3) is 4.61. The van der Waals surface area contributed by atoms with Crippen LogP contribution >= 0.6 is 23.1 Å². The normalized spacial score (nSPS) is 13.9. The molecule has 126 valence electrons. The van der Waals surface area contributed by atoms with Crippen molar-refractivity contribution in [1.29, 1.82) is 0 Å². The van der Waals surface area contributed by atoms with Gasteiger partial charge in [0.2, 0.25) is 5.91 Å². The maximum absolute atomic E-state index is 12.4. The number of hydrogen-bond acceptors (Lipinski definition) is 4. The Morgan fingerprint density at radius 3 is 2.75 bits per heavy atom. The third-order valence-corrected chi connectivity index (χ3v) is 5.88. The molecule has 1 saturated heterocycles. The molecule has 3 rings (SSSR count). The highest BCUT2D eigenvalue weighted by atomic mass is 32.2. The molecule has 1 aliphatic heterocycles. The highest BCUT2D eigenvalue weighted by Gasteiger charge is 2.19. The molecule has 0 radical (unpaired) electrons. The lowest BCUT2D eigenvalue weighted by atomic mass is 10.1. The number of hydrogen-bond donors (Lipinski definition) is 1. The van der Waals surface area contributed by atoms with Crippen LogP contribution in [0.5, 0.6) is 0 Å². The predicted octanol–water partition coefficient (Wildman–Crippen LogP) is 3.86. The topological polar surface area (TPSA) is 49.4 Å². The number of nitrogens with zero attached hydrogens (tertiary/aromatic N) is 1. The van der Waals surface area contributed by atoms with Gasteiger partial charge in [-0.05, 0) is 42.5 Å². The maximum Gasteiger partial charge on any atom is 0.253 e. The molecule has 0 saturated carbocycles. The van der Waals surface area contributed by atoms with E-state index in [0.29, 0.717) is 17.0 Å². The summed E-state index contributed by atoms with van der Waals surface area (Å²) in [6.45, 7) is 1.66. The van der Waals surface area contributed by atoms with Gasteiger partial charge in [0.1, 0.15) is 0 Å². The minimum Gasteiger partial charge on any atom is -0.339 e. The number of nitrogens with one attached hydrogen (secondary N) is 1. The lowest BCUT2D eigenvalue weighted by Crippen LogP contribution is -2.27. The highest BCUT2D eigenvalue weighted by molar-refractivity contribution is 7.99. The van der Waals surface area contributed by atoms with Crippen molar-refractivity contribution in [2.75, 3.05) is 24.2 Å². The summed E-state index contributed by atoms with van der Waals surface area (Å²) in [4.78, 5) is 27.6. The van der Waals surface area contributed by atoms with Crippen LogP contribution in [0.15, 0.2) is 41.8 Å². The molecular weight excluding hydrogens is 340 g/mol. The molecule has 1 aromatic carbocycles. The second-order valence-corrected chi connectivity index (χ2v) is 7.72. The van der Waals surface area contributed by atoms with E-state index in [-0.39, 0.29) is 11.8 Å². The summed E-state index contributed by atoms with van der Waals surface area (Å²) in [6, 6.07) is 11.3. The van der Waals surface area contributed by atoms with Crippen molar-refractivity contribution >= 4 is 40.6 Å². The van der Waals surface area contributed by atoms with Gasteiger partial charge in [-0.25, -0.2) is 0 Å². The molecule has 1 N–H and O–H groups in total. The molecule has 0 atom stereocenters. The number of benzene rings is 1. The number of carbonyl (C=O) groups is 2. The minimum absolute atomic E-state index is 0.0395. The number of rotatable bonds is 6. The van der Waals surface area contributed by atoms with Crippen LogP contribution in [-0.2, 0) is 10.5 Å². The summed E-state index contributed by atoms with van der Waals surface area (Å²) in [7, 11) is 0. The summed E-state index contributed by atoms with van der Waals surface area (Å²) < 4.78 is 0. The van der Waals surface area contributed by atoms with Crippen molar-refractivity contribution in [2.45, 2.75) is 18.6 Å². The van der Waals surface area contributed by atoms with Gasteiger partial charge in [-0.15, -0.1) is 23.1 Å². The summed E-state index contributed by atoms with van der Waals surface area (Å²) in [5, 5.41) is 4.92. The Bertz CT molecular complexity index is 695. The van der Waals surface area contributed by atoms with E-state index in [2.05, 4.69) is 11.4 Å². The van der Waals surface area contributed by atoms with E-state index in [1.807, 2.05) is 34.5 Å². The Labute approximate surface area is 150 Å². The second kappa shape index (κ2) is 8.35. The van der Waals surface area contributed by atoms with Crippen molar-refractivity contribution in [3.63, 3.8) is 0 Å². The molecule has 6 heteroatoms. The Morgan fingerprint density at radius 2 is 2.00 bits per heavy atom. The minimum atomic E-state index is -0.0395. The second-order valence-electron chi connectivity index (χ2n) is 5.70. The van der Waals surface area contributed by atoms with Gasteiger partial charge in [0.05, 0.1) is 5.75 Å². The van der Waals surface area contributed by atoms with Crippen LogP contribution in [0.2, 0.25) is 0 Å². The number of amides is 2. The van der Waals surface area contributed by atoms with Gasteiger partial charge in [-0.3, -0.25) is 9.59 Å². The number of carbonyl (C=O) groups excluding carboxylic acids is 2. The molecule has 4 nitrogen and oxygen atoms in total. The van der Waals surface area contributed by atoms with E-state index in [9.17, 15) is 9.59 Å². The van der Waals surface area contributed by atoms with E-state index in [4.69, 9.17) is 0 Å². The molecular formula is C18H20N2O2S2. The molecule has 0 unspecified atom stereocenters. The average Bonchev–Trinajstić information content (AvgIpc) is 3.28. The van der Waals surface area contributed by atoms with Crippen molar-refractivity contribution in [3.05, 3.63) is 52.2 Å². The summed E-state index contributed by atoms with van der Waals surface area (Å²) >= 11 is 3.29. The van der Waals surface area contributed by atoms with Crippen molar-refractivity contribution in [3.8, 4) is 0 Å². The first-order valence-corrected chi connectivity index (χ1v) is 10.0. The lowest BCUT2D eigenvalue weighted by molar-refractivity contribution is -0.113. The number of anilines is 1. The van der Waals surface area contributed by atoms with Crippen molar-refractivity contribution in [1.82, 2.24) is 4.90 Å². The third-order valence-electron chi connectivity index (χ3n) is 3.84. The molecule has 1 fully saturated rings. The highest BCUT2D eigenvalue weighted by Crippen LogP contribution is 2.19. The zero-order valence-corrected chi connectivity index (χ0v) is 15.0. The van der Waals surface area contributed by atoms with E-state index >= 15 is 0 Å². The van der Waals surface area contributed by atoms with Crippen LogP contribution in [-0.4, -0.2) is 35.6 Å². The van der Waals surface area contributed by atoms with Crippen LogP contribution < -0.4 is 5.32 Å². The predicted molar refractivity (Wildman–Crippen MR) is 101 cm³/mol. The van der Waals surface area contributed by atoms with E-state index in [1.54, 1.807) is 29.2 Å². The van der Waals surface area contributed by atoms with Crippen LogP contribution in [0.4, 0.5) is 5.69 Å². The molecule has 1 aromatic heterocycles. The Balaban J connectivity index is 1.51. The van der Waals surface area contributed by atoms with Gasteiger partial charge in [-0.2, -0.15) is 0 Å². The molecule has 0 aliphatic carbocycles. The van der Waals surface area contributed by atoms with Crippen molar-refractivity contribution < 1.29 is 9.59 Å². The molecule has 1 aliphatic rings. The number of thioether (sulfide) groups is 1. The van der Waals surface area contributed by atoms with Crippen LogP contribution in [0.25, 0.3) is 0 Å². The van der Waals surface area contributed by atoms with E-state index < -0.39 is 0 Å². The van der Waals surface area contributed by atoms with Crippen LogP contribution in [0, 0.1) is 0 Å². The smallest absolute Gasteiger partial charge is 0.253 e. The average molecular weight is 361 g/mol. The van der Waals surface area contributed by atoms with Crippen LogP contribution in [0.3, 0.4) is 0 Å². The van der Waals surface area contributed by atoms with Crippen molar-refractivity contribution in [2.24, 2.45) is 0 Å². The Kier molecular flexibility index (Phi) is 5.93. The van der Waals surface area contributed by atoms with Gasteiger partial charge in [-0.1, -0.05) is 12.1 Å². The lowest BCUT2D eigenvalue weighted by Gasteiger charge is -2.15. The SMILES string of the molecule is O=C(CSCc1cccs1)Nc1cccc(C(=O)N2CCCC2)c1. The largest absolute Gasteiger partial charge is 0.339 e. The quantitative estimate of drug-likeness (QED) is 0.851. The summed E-state index contributed by atoms with van der Waals surface area (Å²) in [5.74, 6) is 1.26. The number of thiophene rings is 1.